The Hall–Kier alpha value is -3.01. The van der Waals surface area contributed by atoms with Gasteiger partial charge in [-0.25, -0.2) is 4.98 Å². The van der Waals surface area contributed by atoms with E-state index in [9.17, 15) is 9.59 Å². The molecule has 1 N–H and O–H groups in total. The van der Waals surface area contributed by atoms with E-state index in [1.54, 1.807) is 17.2 Å². The number of ether oxygens (including phenoxy) is 1. The fourth-order valence-electron chi connectivity index (χ4n) is 4.14. The molecule has 0 saturated carbocycles. The number of thiocarbonyl (C=S) groups is 1. The van der Waals surface area contributed by atoms with Crippen LogP contribution in [-0.4, -0.2) is 43.8 Å². The van der Waals surface area contributed by atoms with Gasteiger partial charge >= 0.3 is 0 Å². The van der Waals surface area contributed by atoms with E-state index in [1.165, 1.54) is 16.2 Å². The molecule has 2 aliphatic rings. The van der Waals surface area contributed by atoms with Crippen LogP contribution in [0.4, 0.5) is 5.82 Å². The predicted molar refractivity (Wildman–Crippen MR) is 139 cm³/mol. The molecule has 1 aromatic carbocycles. The van der Waals surface area contributed by atoms with Crippen LogP contribution in [0.15, 0.2) is 58.4 Å². The lowest BCUT2D eigenvalue weighted by Gasteiger charge is -2.18. The van der Waals surface area contributed by atoms with Crippen LogP contribution < -0.4 is 10.9 Å². The minimum Gasteiger partial charge on any atom is -0.376 e. The molecule has 0 radical (unpaired) electrons. The van der Waals surface area contributed by atoms with E-state index in [0.29, 0.717) is 46.0 Å². The summed E-state index contributed by atoms with van der Waals surface area (Å²) in [5, 5.41) is 3.30. The molecule has 3 aromatic rings. The molecule has 1 atom stereocenters. The van der Waals surface area contributed by atoms with Crippen LogP contribution in [-0.2, 0) is 16.1 Å². The van der Waals surface area contributed by atoms with Crippen molar-refractivity contribution in [2.45, 2.75) is 32.4 Å². The Kier molecular flexibility index (Phi) is 6.49. The summed E-state index contributed by atoms with van der Waals surface area (Å²) in [7, 11) is 0. The van der Waals surface area contributed by atoms with Gasteiger partial charge < -0.3 is 10.1 Å². The van der Waals surface area contributed by atoms with E-state index >= 15 is 0 Å². The zero-order chi connectivity index (χ0) is 23.7. The Morgan fingerprint density at radius 1 is 1.24 bits per heavy atom. The van der Waals surface area contributed by atoms with Crippen molar-refractivity contribution in [3.63, 3.8) is 0 Å². The molecule has 2 saturated heterocycles. The topological polar surface area (TPSA) is 75.9 Å². The molecule has 4 heterocycles. The minimum atomic E-state index is -0.242. The molecule has 2 aliphatic heterocycles. The number of thioether (sulfide) groups is 1. The van der Waals surface area contributed by atoms with Crippen molar-refractivity contribution >= 4 is 51.7 Å². The number of hydrogen-bond donors (Lipinski definition) is 1. The minimum absolute atomic E-state index is 0.000820. The quantitative estimate of drug-likeness (QED) is 0.412. The standard InChI is InChI=1S/C25H24N4O3S2/c1-16-7-5-11-28-22(16)27-21(26-14-17-8-3-2-4-9-17)19(23(28)30)13-20-24(31)29(25(33)34-20)15-18-10-6-12-32-18/h2-5,7-9,11,13,18,26H,6,10,12,14-15H2,1H3/b20-13+/t18-/m0/s1. The zero-order valence-electron chi connectivity index (χ0n) is 18.7. The second kappa shape index (κ2) is 9.69. The first-order chi connectivity index (χ1) is 16.5. The lowest BCUT2D eigenvalue weighted by Crippen LogP contribution is -2.35. The summed E-state index contributed by atoms with van der Waals surface area (Å²) in [6.45, 7) is 3.56. The number of aromatic nitrogens is 2. The molecular formula is C25H24N4O3S2. The summed E-state index contributed by atoms with van der Waals surface area (Å²) in [4.78, 5) is 33.4. The summed E-state index contributed by atoms with van der Waals surface area (Å²) in [6, 6.07) is 13.6. The van der Waals surface area contributed by atoms with E-state index in [0.717, 1.165) is 24.0 Å². The summed E-state index contributed by atoms with van der Waals surface area (Å²) in [6.07, 6.45) is 5.22. The lowest BCUT2D eigenvalue weighted by atomic mass is 10.2. The van der Waals surface area contributed by atoms with Crippen LogP contribution in [0.2, 0.25) is 0 Å². The van der Waals surface area contributed by atoms with Gasteiger partial charge in [0, 0.05) is 19.3 Å². The number of fused-ring (bicyclic) bond motifs is 1. The third-order valence-electron chi connectivity index (χ3n) is 5.95. The molecule has 0 bridgehead atoms. The van der Waals surface area contributed by atoms with Crippen molar-refractivity contribution in [3.05, 3.63) is 80.6 Å². The molecule has 34 heavy (non-hydrogen) atoms. The second-order valence-corrected chi connectivity index (χ2v) is 10.0. The van der Waals surface area contributed by atoms with Gasteiger partial charge in [-0.05, 0) is 43.0 Å². The number of pyridine rings is 1. The Morgan fingerprint density at radius 2 is 2.06 bits per heavy atom. The number of aryl methyl sites for hydroxylation is 1. The predicted octanol–water partition coefficient (Wildman–Crippen LogP) is 4.00. The van der Waals surface area contributed by atoms with E-state index in [1.807, 2.05) is 49.4 Å². The summed E-state index contributed by atoms with van der Waals surface area (Å²) < 4.78 is 7.68. The molecule has 9 heteroatoms. The highest BCUT2D eigenvalue weighted by molar-refractivity contribution is 8.26. The molecule has 1 amide bonds. The van der Waals surface area contributed by atoms with E-state index in [-0.39, 0.29) is 17.6 Å². The van der Waals surface area contributed by atoms with Crippen molar-refractivity contribution in [3.8, 4) is 0 Å². The number of carbonyl (C=O) groups is 1. The van der Waals surface area contributed by atoms with Gasteiger partial charge in [0.2, 0.25) is 0 Å². The van der Waals surface area contributed by atoms with Gasteiger partial charge in [0.1, 0.15) is 15.8 Å². The number of nitrogens with zero attached hydrogens (tertiary/aromatic N) is 3. The third kappa shape index (κ3) is 4.51. The molecule has 5 rings (SSSR count). The van der Waals surface area contributed by atoms with Gasteiger partial charge in [-0.2, -0.15) is 0 Å². The van der Waals surface area contributed by atoms with Crippen molar-refractivity contribution in [1.29, 1.82) is 0 Å². The average molecular weight is 493 g/mol. The molecule has 174 valence electrons. The van der Waals surface area contributed by atoms with Crippen LogP contribution in [0.25, 0.3) is 11.7 Å². The number of hydrogen-bond acceptors (Lipinski definition) is 7. The maximum atomic E-state index is 13.5. The van der Waals surface area contributed by atoms with Crippen molar-refractivity contribution < 1.29 is 9.53 Å². The molecule has 0 aliphatic carbocycles. The number of benzene rings is 1. The third-order valence-corrected chi connectivity index (χ3v) is 7.32. The Balaban J connectivity index is 1.53. The van der Waals surface area contributed by atoms with E-state index in [4.69, 9.17) is 21.9 Å². The van der Waals surface area contributed by atoms with Crippen LogP contribution in [0.5, 0.6) is 0 Å². The van der Waals surface area contributed by atoms with Gasteiger partial charge in [0.05, 0.1) is 23.1 Å². The number of amides is 1. The summed E-state index contributed by atoms with van der Waals surface area (Å²) in [5.41, 5.74) is 2.61. The van der Waals surface area contributed by atoms with E-state index < -0.39 is 0 Å². The number of nitrogens with one attached hydrogen (secondary N) is 1. The largest absolute Gasteiger partial charge is 0.376 e. The molecule has 2 fully saturated rings. The second-order valence-electron chi connectivity index (χ2n) is 8.33. The molecule has 2 aromatic heterocycles. The van der Waals surface area contributed by atoms with E-state index in [2.05, 4.69) is 5.32 Å². The highest BCUT2D eigenvalue weighted by Gasteiger charge is 2.35. The number of rotatable bonds is 6. The smallest absolute Gasteiger partial charge is 0.267 e. The van der Waals surface area contributed by atoms with Crippen molar-refractivity contribution in [1.82, 2.24) is 14.3 Å². The Bertz CT molecular complexity index is 1350. The lowest BCUT2D eigenvalue weighted by molar-refractivity contribution is -0.123. The highest BCUT2D eigenvalue weighted by Crippen LogP contribution is 2.34. The summed E-state index contributed by atoms with van der Waals surface area (Å²) in [5.74, 6) is 0.237. The molecular weight excluding hydrogens is 468 g/mol. The first-order valence-electron chi connectivity index (χ1n) is 11.2. The van der Waals surface area contributed by atoms with Gasteiger partial charge in [-0.3, -0.25) is 18.9 Å². The van der Waals surface area contributed by atoms with Gasteiger partial charge in [0.15, 0.2) is 0 Å². The maximum absolute atomic E-state index is 13.5. The maximum Gasteiger partial charge on any atom is 0.267 e. The fourth-order valence-corrected chi connectivity index (χ4v) is 5.40. The Labute approximate surface area is 206 Å². The van der Waals surface area contributed by atoms with Crippen molar-refractivity contribution in [2.75, 3.05) is 18.5 Å². The average Bonchev–Trinajstić information content (AvgIpc) is 3.45. The van der Waals surface area contributed by atoms with Gasteiger partial charge in [-0.1, -0.05) is 60.4 Å². The van der Waals surface area contributed by atoms with Crippen LogP contribution in [0.1, 0.15) is 29.5 Å². The van der Waals surface area contributed by atoms with Gasteiger partial charge in [-0.15, -0.1) is 0 Å². The van der Waals surface area contributed by atoms with Crippen LogP contribution in [0.3, 0.4) is 0 Å². The number of anilines is 1. The molecule has 0 unspecified atom stereocenters. The highest BCUT2D eigenvalue weighted by atomic mass is 32.2. The zero-order valence-corrected chi connectivity index (χ0v) is 20.3. The SMILES string of the molecule is Cc1cccn2c(=O)c(/C=C3/SC(=S)N(C[C@@H]4CCCO4)C3=O)c(NCc3ccccc3)nc12. The van der Waals surface area contributed by atoms with Crippen molar-refractivity contribution in [2.24, 2.45) is 0 Å². The summed E-state index contributed by atoms with van der Waals surface area (Å²) >= 11 is 6.69. The van der Waals surface area contributed by atoms with Crippen LogP contribution in [0, 0.1) is 6.92 Å². The first-order valence-corrected chi connectivity index (χ1v) is 12.4. The van der Waals surface area contributed by atoms with Crippen LogP contribution >= 0.6 is 24.0 Å². The molecule has 0 spiro atoms. The number of carbonyl (C=O) groups excluding carboxylic acids is 1. The first kappa shape index (κ1) is 22.8. The fraction of sp³-hybridized carbons (Fsp3) is 0.280. The monoisotopic (exact) mass is 492 g/mol. The molecule has 7 nitrogen and oxygen atoms in total. The Morgan fingerprint density at radius 3 is 2.82 bits per heavy atom. The normalized spacial score (nSPS) is 19.5. The van der Waals surface area contributed by atoms with Gasteiger partial charge in [0.25, 0.3) is 11.5 Å².